The minimum absolute atomic E-state index is 0. The van der Waals surface area contributed by atoms with E-state index in [9.17, 15) is 4.79 Å². The molecule has 0 heterocycles. The van der Waals surface area contributed by atoms with Gasteiger partial charge in [-0.25, -0.2) is 0 Å². The molecule has 0 saturated carbocycles. The molecule has 0 spiro atoms. The minimum Gasteiger partial charge on any atom is -0.348 e. The summed E-state index contributed by atoms with van der Waals surface area (Å²) in [4.78, 5) is 12.1. The van der Waals surface area contributed by atoms with Crippen molar-refractivity contribution in [1.82, 2.24) is 5.32 Å². The van der Waals surface area contributed by atoms with E-state index < -0.39 is 6.04 Å². The highest BCUT2D eigenvalue weighted by atomic mass is 35.5. The molecule has 2 atom stereocenters. The van der Waals surface area contributed by atoms with Crippen molar-refractivity contribution in [3.63, 3.8) is 0 Å². The molecule has 2 aromatic carbocycles. The Morgan fingerprint density at radius 1 is 1.23 bits per heavy atom. The summed E-state index contributed by atoms with van der Waals surface area (Å²) in [7, 11) is 0. The number of halogens is 1. The van der Waals surface area contributed by atoms with Gasteiger partial charge in [0.15, 0.2) is 0 Å². The fraction of sp³-hybridized carbons (Fsp3) is 0.353. The maximum absolute atomic E-state index is 12.1. The number of rotatable bonds is 6. The zero-order chi connectivity index (χ0) is 15.2. The smallest absolute Gasteiger partial charge is 0.237 e. The van der Waals surface area contributed by atoms with Crippen LogP contribution in [0, 0.1) is 0 Å². The van der Waals surface area contributed by atoms with E-state index in [2.05, 4.69) is 35.6 Å². The molecule has 0 radical (unpaired) electrons. The lowest BCUT2D eigenvalue weighted by Gasteiger charge is -2.18. The van der Waals surface area contributed by atoms with Gasteiger partial charge in [-0.05, 0) is 47.8 Å². The fourth-order valence-electron chi connectivity index (χ4n) is 2.26. The van der Waals surface area contributed by atoms with Gasteiger partial charge in [0.1, 0.15) is 0 Å². The van der Waals surface area contributed by atoms with Crippen molar-refractivity contribution in [2.45, 2.75) is 25.4 Å². The van der Waals surface area contributed by atoms with Crippen molar-refractivity contribution >= 4 is 40.8 Å². The lowest BCUT2D eigenvalue weighted by Crippen LogP contribution is -2.41. The van der Waals surface area contributed by atoms with Gasteiger partial charge in [-0.3, -0.25) is 4.79 Å². The Morgan fingerprint density at radius 3 is 2.59 bits per heavy atom. The first-order valence-electron chi connectivity index (χ1n) is 7.15. The third-order valence-corrected chi connectivity index (χ3v) is 4.25. The molecule has 3 nitrogen and oxygen atoms in total. The monoisotopic (exact) mass is 338 g/mol. The Morgan fingerprint density at radius 2 is 1.91 bits per heavy atom. The first-order chi connectivity index (χ1) is 10.1. The lowest BCUT2D eigenvalue weighted by atomic mass is 10.0. The van der Waals surface area contributed by atoms with Crippen LogP contribution < -0.4 is 11.1 Å². The van der Waals surface area contributed by atoms with Crippen LogP contribution in [-0.4, -0.2) is 24.0 Å². The second-order valence-corrected chi connectivity index (χ2v) is 6.21. The topological polar surface area (TPSA) is 55.1 Å². The first-order valence-corrected chi connectivity index (χ1v) is 8.55. The second kappa shape index (κ2) is 9.03. The Kier molecular flexibility index (Phi) is 7.73. The van der Waals surface area contributed by atoms with E-state index in [1.54, 1.807) is 11.8 Å². The molecule has 0 fully saturated rings. The summed E-state index contributed by atoms with van der Waals surface area (Å²) < 4.78 is 0. The van der Waals surface area contributed by atoms with Crippen molar-refractivity contribution < 1.29 is 4.79 Å². The molecule has 0 aromatic heterocycles. The van der Waals surface area contributed by atoms with Gasteiger partial charge in [-0.1, -0.05) is 36.4 Å². The summed E-state index contributed by atoms with van der Waals surface area (Å²) in [5, 5.41) is 5.38. The van der Waals surface area contributed by atoms with Gasteiger partial charge in [0.25, 0.3) is 0 Å². The summed E-state index contributed by atoms with van der Waals surface area (Å²) in [6.07, 6.45) is 2.72. The van der Waals surface area contributed by atoms with Gasteiger partial charge in [0, 0.05) is 0 Å². The van der Waals surface area contributed by atoms with Gasteiger partial charge in [0.2, 0.25) is 5.91 Å². The number of hydrogen-bond donors (Lipinski definition) is 2. The number of hydrogen-bond acceptors (Lipinski definition) is 3. The Bertz CT molecular complexity index is 620. The van der Waals surface area contributed by atoms with Crippen molar-refractivity contribution in [1.29, 1.82) is 0 Å². The number of benzene rings is 2. The number of thioether (sulfide) groups is 1. The molecule has 2 rings (SSSR count). The molecule has 0 aliphatic carbocycles. The van der Waals surface area contributed by atoms with Crippen LogP contribution in [0.15, 0.2) is 42.5 Å². The Balaban J connectivity index is 0.00000242. The van der Waals surface area contributed by atoms with E-state index >= 15 is 0 Å². The molecule has 0 saturated heterocycles. The van der Waals surface area contributed by atoms with Crippen molar-refractivity contribution in [2.75, 3.05) is 12.0 Å². The summed E-state index contributed by atoms with van der Waals surface area (Å²) in [5.41, 5.74) is 6.99. The number of carbonyl (C=O) groups is 1. The Hall–Kier alpha value is -1.23. The van der Waals surface area contributed by atoms with Gasteiger partial charge in [0.05, 0.1) is 12.1 Å². The third-order valence-electron chi connectivity index (χ3n) is 3.60. The second-order valence-electron chi connectivity index (χ2n) is 5.22. The molecule has 5 heteroatoms. The predicted octanol–water partition coefficient (Wildman–Crippen LogP) is 3.52. The number of nitrogens with two attached hydrogens (primary N) is 1. The molecular formula is C17H23ClN2OS. The lowest BCUT2D eigenvalue weighted by molar-refractivity contribution is -0.123. The SMILES string of the molecule is CSCCC(N)C(=O)NC(C)c1ccc2ccccc2c1.Cl. The van der Waals surface area contributed by atoms with E-state index in [-0.39, 0.29) is 24.4 Å². The molecule has 2 aromatic rings. The standard InChI is InChI=1S/C17H22N2OS.ClH/c1-12(19-17(20)16(18)9-10-21-2)14-8-7-13-5-3-4-6-15(13)11-14;/h3-8,11-12,16H,9-10,18H2,1-2H3,(H,19,20);1H. The Labute approximate surface area is 142 Å². The van der Waals surface area contributed by atoms with Crippen LogP contribution in [-0.2, 0) is 4.79 Å². The average Bonchev–Trinajstić information content (AvgIpc) is 2.51. The quantitative estimate of drug-likeness (QED) is 0.847. The van der Waals surface area contributed by atoms with Crippen molar-refractivity contribution in [2.24, 2.45) is 5.73 Å². The van der Waals surface area contributed by atoms with Crippen LogP contribution >= 0.6 is 24.2 Å². The van der Waals surface area contributed by atoms with Gasteiger partial charge in [-0.15, -0.1) is 12.4 Å². The van der Waals surface area contributed by atoms with Crippen LogP contribution in [0.25, 0.3) is 10.8 Å². The maximum Gasteiger partial charge on any atom is 0.237 e. The van der Waals surface area contributed by atoms with Crippen LogP contribution in [0.4, 0.5) is 0 Å². The summed E-state index contributed by atoms with van der Waals surface area (Å²) in [6.45, 7) is 1.99. The molecule has 2 unspecified atom stereocenters. The highest BCUT2D eigenvalue weighted by molar-refractivity contribution is 7.98. The number of fused-ring (bicyclic) bond motifs is 1. The molecule has 0 aliphatic heterocycles. The minimum atomic E-state index is -0.430. The first kappa shape index (κ1) is 18.8. The third kappa shape index (κ3) is 4.90. The zero-order valence-electron chi connectivity index (χ0n) is 12.9. The fourth-order valence-corrected chi connectivity index (χ4v) is 2.75. The summed E-state index contributed by atoms with van der Waals surface area (Å²) >= 11 is 1.70. The van der Waals surface area contributed by atoms with E-state index in [1.165, 1.54) is 10.8 Å². The largest absolute Gasteiger partial charge is 0.348 e. The number of nitrogens with one attached hydrogen (secondary N) is 1. The molecule has 1 amide bonds. The molecule has 22 heavy (non-hydrogen) atoms. The summed E-state index contributed by atoms with van der Waals surface area (Å²) in [6, 6.07) is 14.0. The summed E-state index contributed by atoms with van der Waals surface area (Å²) in [5.74, 6) is 0.823. The van der Waals surface area contributed by atoms with E-state index in [0.717, 1.165) is 11.3 Å². The molecule has 3 N–H and O–H groups in total. The maximum atomic E-state index is 12.1. The van der Waals surface area contributed by atoms with Gasteiger partial charge < -0.3 is 11.1 Å². The molecule has 120 valence electrons. The number of amides is 1. The highest BCUT2D eigenvalue weighted by Crippen LogP contribution is 2.20. The molecule has 0 aliphatic rings. The van der Waals surface area contributed by atoms with Crippen LogP contribution in [0.2, 0.25) is 0 Å². The van der Waals surface area contributed by atoms with E-state index in [4.69, 9.17) is 5.73 Å². The average molecular weight is 339 g/mol. The zero-order valence-corrected chi connectivity index (χ0v) is 14.5. The van der Waals surface area contributed by atoms with Gasteiger partial charge >= 0.3 is 0 Å². The van der Waals surface area contributed by atoms with E-state index in [1.807, 2.05) is 25.3 Å². The predicted molar refractivity (Wildman–Crippen MR) is 98.7 cm³/mol. The highest BCUT2D eigenvalue weighted by Gasteiger charge is 2.16. The van der Waals surface area contributed by atoms with E-state index in [0.29, 0.717) is 6.42 Å². The molecule has 0 bridgehead atoms. The van der Waals surface area contributed by atoms with Crippen molar-refractivity contribution in [3.05, 3.63) is 48.0 Å². The normalized spacial score (nSPS) is 13.2. The van der Waals surface area contributed by atoms with Crippen LogP contribution in [0.5, 0.6) is 0 Å². The van der Waals surface area contributed by atoms with Gasteiger partial charge in [-0.2, -0.15) is 11.8 Å². The number of carbonyl (C=O) groups excluding carboxylic acids is 1. The molecular weight excluding hydrogens is 316 g/mol. The van der Waals surface area contributed by atoms with Crippen LogP contribution in [0.3, 0.4) is 0 Å². The van der Waals surface area contributed by atoms with Crippen LogP contribution in [0.1, 0.15) is 24.9 Å². The van der Waals surface area contributed by atoms with Crippen molar-refractivity contribution in [3.8, 4) is 0 Å².